The third-order valence-corrected chi connectivity index (χ3v) is 2.41. The maximum absolute atomic E-state index is 2.20. The van der Waals surface area contributed by atoms with Gasteiger partial charge in [0.1, 0.15) is 0 Å². The van der Waals surface area contributed by atoms with Crippen LogP contribution in [0.1, 0.15) is 6.92 Å². The number of rotatable bonds is 4. The Kier molecular flexibility index (Phi) is 7.37. The van der Waals surface area contributed by atoms with Crippen molar-refractivity contribution in [3.05, 3.63) is 0 Å². The molecule has 0 fully saturated rings. The molecule has 0 aliphatic heterocycles. The van der Waals surface area contributed by atoms with Crippen LogP contribution in [0.2, 0.25) is 0 Å². The first kappa shape index (κ1) is 7.70. The summed E-state index contributed by atoms with van der Waals surface area (Å²) in [6, 6.07) is 0. The van der Waals surface area contributed by atoms with Crippen LogP contribution in [0.25, 0.3) is 0 Å². The Morgan fingerprint density at radius 3 is 2.43 bits per heavy atom. The molecule has 7 heavy (non-hydrogen) atoms. The summed E-state index contributed by atoms with van der Waals surface area (Å²) < 4.78 is 0. The summed E-state index contributed by atoms with van der Waals surface area (Å²) in [5.74, 6) is 3.89. The molecule has 0 saturated carbocycles. The van der Waals surface area contributed by atoms with Crippen LogP contribution in [0.15, 0.2) is 0 Å². The minimum Gasteiger partial charge on any atom is -0.165 e. The van der Waals surface area contributed by atoms with Crippen molar-refractivity contribution in [3.8, 4) is 0 Å². The van der Waals surface area contributed by atoms with Gasteiger partial charge in [-0.05, 0) is 12.0 Å². The Balaban J connectivity index is 2.45. The first-order valence-corrected chi connectivity index (χ1v) is 5.03. The largest absolute Gasteiger partial charge is 0.165 e. The van der Waals surface area contributed by atoms with Crippen LogP contribution >= 0.6 is 23.5 Å². The van der Waals surface area contributed by atoms with Gasteiger partial charge in [0.05, 0.1) is 0 Å². The molecule has 0 amide bonds. The predicted octanol–water partition coefficient (Wildman–Crippen LogP) is 2.10. The van der Waals surface area contributed by atoms with Crippen LogP contribution in [-0.2, 0) is 0 Å². The van der Waals surface area contributed by atoms with E-state index in [-0.39, 0.29) is 0 Å². The third kappa shape index (κ3) is 6.70. The Labute approximate surface area is 54.4 Å². The van der Waals surface area contributed by atoms with Gasteiger partial charge in [0.15, 0.2) is 0 Å². The quantitative estimate of drug-likeness (QED) is 0.543. The molecule has 0 aliphatic carbocycles. The molecular weight excluding hydrogens is 124 g/mol. The Morgan fingerprint density at radius 2 is 2.00 bits per heavy atom. The van der Waals surface area contributed by atoms with Crippen molar-refractivity contribution in [2.75, 3.05) is 23.5 Å². The Morgan fingerprint density at radius 1 is 1.29 bits per heavy atom. The van der Waals surface area contributed by atoms with Gasteiger partial charge >= 0.3 is 0 Å². The van der Waals surface area contributed by atoms with Gasteiger partial charge < -0.3 is 0 Å². The fourth-order valence-corrected chi connectivity index (χ4v) is 1.71. The van der Waals surface area contributed by atoms with Crippen molar-refractivity contribution < 1.29 is 0 Å². The molecule has 0 nitrogen and oxygen atoms in total. The molecule has 0 aromatic rings. The van der Waals surface area contributed by atoms with Crippen molar-refractivity contribution in [3.63, 3.8) is 0 Å². The number of thioether (sulfide) groups is 2. The lowest BCUT2D eigenvalue weighted by Crippen LogP contribution is -1.80. The summed E-state index contributed by atoms with van der Waals surface area (Å²) in [6.07, 6.45) is 2.15. The molecule has 0 aromatic carbocycles. The van der Waals surface area contributed by atoms with Crippen LogP contribution in [0.3, 0.4) is 0 Å². The summed E-state index contributed by atoms with van der Waals surface area (Å²) in [5, 5.41) is 0. The zero-order valence-corrected chi connectivity index (χ0v) is 6.57. The molecule has 0 saturated heterocycles. The van der Waals surface area contributed by atoms with Crippen molar-refractivity contribution in [2.45, 2.75) is 6.92 Å². The maximum Gasteiger partial charge on any atom is 0.00233 e. The minimum atomic E-state index is 1.26. The van der Waals surface area contributed by atoms with E-state index >= 15 is 0 Å². The van der Waals surface area contributed by atoms with E-state index < -0.39 is 0 Å². The third-order valence-electron chi connectivity index (χ3n) is 0.636. The van der Waals surface area contributed by atoms with Gasteiger partial charge in [-0.3, -0.25) is 0 Å². The molecule has 0 aliphatic rings. The highest BCUT2D eigenvalue weighted by Crippen LogP contribution is 2.01. The SMILES string of the molecule is CCSCCSC. The van der Waals surface area contributed by atoms with Crippen molar-refractivity contribution in [1.29, 1.82) is 0 Å². The second kappa shape index (κ2) is 6.70. The van der Waals surface area contributed by atoms with Crippen LogP contribution in [0, 0.1) is 0 Å². The summed E-state index contributed by atoms with van der Waals surface area (Å²) in [6.45, 7) is 2.20. The maximum atomic E-state index is 2.20. The number of hydrogen-bond acceptors (Lipinski definition) is 2. The Hall–Kier alpha value is 0.700. The van der Waals surface area contributed by atoms with E-state index in [1.165, 1.54) is 17.3 Å². The summed E-state index contributed by atoms with van der Waals surface area (Å²) in [5.41, 5.74) is 0. The van der Waals surface area contributed by atoms with Gasteiger partial charge in [-0.2, -0.15) is 23.5 Å². The van der Waals surface area contributed by atoms with Gasteiger partial charge in [-0.1, -0.05) is 6.92 Å². The lowest BCUT2D eigenvalue weighted by atomic mass is 10.9. The molecule has 0 N–H and O–H groups in total. The van der Waals surface area contributed by atoms with Crippen LogP contribution in [0.5, 0.6) is 0 Å². The highest BCUT2D eigenvalue weighted by molar-refractivity contribution is 8.02. The first-order chi connectivity index (χ1) is 3.41. The summed E-state index contributed by atoms with van der Waals surface area (Å²) in [4.78, 5) is 0. The monoisotopic (exact) mass is 136 g/mol. The minimum absolute atomic E-state index is 1.26. The molecule has 0 heterocycles. The molecule has 0 atom stereocenters. The molecule has 2 heteroatoms. The fraction of sp³-hybridized carbons (Fsp3) is 1.00. The smallest absolute Gasteiger partial charge is 0.00233 e. The predicted molar refractivity (Wildman–Crippen MR) is 41.4 cm³/mol. The van der Waals surface area contributed by atoms with E-state index in [1.54, 1.807) is 0 Å². The van der Waals surface area contributed by atoms with E-state index in [1.807, 2.05) is 23.5 Å². The molecule has 0 rings (SSSR count). The molecular formula is C5H12S2. The number of hydrogen-bond donors (Lipinski definition) is 0. The highest BCUT2D eigenvalue weighted by Gasteiger charge is 1.80. The zero-order chi connectivity index (χ0) is 5.54. The molecule has 0 bridgehead atoms. The van der Waals surface area contributed by atoms with Gasteiger partial charge in [0.2, 0.25) is 0 Å². The lowest BCUT2D eigenvalue weighted by Gasteiger charge is -1.91. The molecule has 0 spiro atoms. The van der Waals surface area contributed by atoms with Gasteiger partial charge in [-0.25, -0.2) is 0 Å². The molecule has 44 valence electrons. The lowest BCUT2D eigenvalue weighted by molar-refractivity contribution is 1.48. The average Bonchev–Trinajstić information content (AvgIpc) is 1.69. The van der Waals surface area contributed by atoms with Crippen molar-refractivity contribution >= 4 is 23.5 Å². The van der Waals surface area contributed by atoms with Gasteiger partial charge in [-0.15, -0.1) is 0 Å². The van der Waals surface area contributed by atoms with E-state index in [9.17, 15) is 0 Å². The van der Waals surface area contributed by atoms with E-state index in [0.717, 1.165) is 0 Å². The highest BCUT2D eigenvalue weighted by atomic mass is 32.2. The standard InChI is InChI=1S/C5H12S2/c1-3-7-5-4-6-2/h3-5H2,1-2H3. The molecule has 0 unspecified atom stereocenters. The summed E-state index contributed by atoms with van der Waals surface area (Å²) in [7, 11) is 0. The van der Waals surface area contributed by atoms with Crippen LogP contribution < -0.4 is 0 Å². The van der Waals surface area contributed by atoms with Crippen molar-refractivity contribution in [2.24, 2.45) is 0 Å². The topological polar surface area (TPSA) is 0 Å². The van der Waals surface area contributed by atoms with Gasteiger partial charge in [0, 0.05) is 11.5 Å². The van der Waals surface area contributed by atoms with Crippen LogP contribution in [0.4, 0.5) is 0 Å². The first-order valence-electron chi connectivity index (χ1n) is 2.48. The zero-order valence-electron chi connectivity index (χ0n) is 4.94. The van der Waals surface area contributed by atoms with E-state index in [0.29, 0.717) is 0 Å². The van der Waals surface area contributed by atoms with Crippen LogP contribution in [-0.4, -0.2) is 23.5 Å². The fourth-order valence-electron chi connectivity index (χ4n) is 0.287. The summed E-state index contributed by atoms with van der Waals surface area (Å²) >= 11 is 3.93. The molecule has 0 aromatic heterocycles. The normalized spacial score (nSPS) is 9.43. The van der Waals surface area contributed by atoms with E-state index in [2.05, 4.69) is 13.2 Å². The van der Waals surface area contributed by atoms with E-state index in [4.69, 9.17) is 0 Å². The van der Waals surface area contributed by atoms with Gasteiger partial charge in [0.25, 0.3) is 0 Å². The second-order valence-electron chi connectivity index (χ2n) is 1.19. The molecule has 0 radical (unpaired) electrons. The Bertz CT molecular complexity index is 25.3. The second-order valence-corrected chi connectivity index (χ2v) is 3.57. The average molecular weight is 136 g/mol. The van der Waals surface area contributed by atoms with Crippen molar-refractivity contribution in [1.82, 2.24) is 0 Å².